The highest BCUT2D eigenvalue weighted by Crippen LogP contribution is 2.44. The van der Waals surface area contributed by atoms with E-state index in [0.29, 0.717) is 46.1 Å². The predicted octanol–water partition coefficient (Wildman–Crippen LogP) is 12.0. The summed E-state index contributed by atoms with van der Waals surface area (Å²) in [5.74, 6) is 1.75. The molecule has 0 aliphatic carbocycles. The van der Waals surface area contributed by atoms with Crippen LogP contribution in [0, 0.1) is 0 Å². The lowest BCUT2D eigenvalue weighted by atomic mass is 10.0. The molecule has 0 saturated carbocycles. The minimum atomic E-state index is -0.244. The van der Waals surface area contributed by atoms with Crippen molar-refractivity contribution < 1.29 is 23.4 Å². The van der Waals surface area contributed by atoms with Gasteiger partial charge >= 0.3 is 0 Å². The van der Waals surface area contributed by atoms with Gasteiger partial charge in [0.1, 0.15) is 18.8 Å². The molecule has 0 amide bonds. The highest BCUT2D eigenvalue weighted by Gasteiger charge is 2.23. The monoisotopic (exact) mass is 712 g/mol. The Morgan fingerprint density at radius 3 is 1.74 bits per heavy atom. The number of aryl methyl sites for hydroxylation is 1. The van der Waals surface area contributed by atoms with Crippen LogP contribution in [0.15, 0.2) is 135 Å². The van der Waals surface area contributed by atoms with Crippen LogP contribution in [-0.4, -0.2) is 14.2 Å². The van der Waals surface area contributed by atoms with Crippen molar-refractivity contribution in [2.45, 2.75) is 79.4 Å². The summed E-state index contributed by atoms with van der Waals surface area (Å²) in [6, 6.07) is 29.0. The van der Waals surface area contributed by atoms with E-state index in [0.717, 1.165) is 55.2 Å². The fourth-order valence-electron chi connectivity index (χ4n) is 6.13. The Kier molecular flexibility index (Phi) is 14.2. The van der Waals surface area contributed by atoms with Crippen LogP contribution in [0.5, 0.6) is 23.0 Å². The molecular weight excluding hydrogens is 661 g/mol. The second-order valence-corrected chi connectivity index (χ2v) is 13.7. The highest BCUT2D eigenvalue weighted by molar-refractivity contribution is 5.83. The number of methoxy groups -OCH3 is 2. The van der Waals surface area contributed by atoms with Crippen molar-refractivity contribution in [3.8, 4) is 34.3 Å². The van der Waals surface area contributed by atoms with Crippen molar-refractivity contribution in [2.75, 3.05) is 14.2 Å². The van der Waals surface area contributed by atoms with Crippen LogP contribution in [0.3, 0.4) is 0 Å². The minimum Gasteiger partial charge on any atom is -0.493 e. The van der Waals surface area contributed by atoms with Crippen LogP contribution >= 0.6 is 0 Å². The maximum Gasteiger partial charge on any atom is 0.235 e. The van der Waals surface area contributed by atoms with Gasteiger partial charge in [0.15, 0.2) is 17.3 Å². The van der Waals surface area contributed by atoms with Crippen molar-refractivity contribution in [1.29, 1.82) is 0 Å². The number of fused-ring (bicyclic) bond motifs is 1. The maximum atomic E-state index is 14.1. The van der Waals surface area contributed by atoms with E-state index in [9.17, 15) is 4.79 Å². The second kappa shape index (κ2) is 19.4. The number of benzene rings is 4. The number of hydrogen-bond donors (Lipinski definition) is 0. The first-order valence-electron chi connectivity index (χ1n) is 18.4. The molecule has 4 aromatic carbocycles. The minimum absolute atomic E-state index is 0.121. The molecular formula is C47H52O6. The zero-order valence-electron chi connectivity index (χ0n) is 32.0. The van der Waals surface area contributed by atoms with Crippen LogP contribution in [0.2, 0.25) is 0 Å². The molecule has 0 aliphatic rings. The van der Waals surface area contributed by atoms with Crippen LogP contribution in [0.4, 0.5) is 0 Å². The zero-order valence-corrected chi connectivity index (χ0v) is 32.0. The summed E-state index contributed by atoms with van der Waals surface area (Å²) in [7, 11) is 3.15. The molecule has 53 heavy (non-hydrogen) atoms. The summed E-state index contributed by atoms with van der Waals surface area (Å²) in [4.78, 5) is 14.1. The van der Waals surface area contributed by atoms with Crippen LogP contribution in [0.1, 0.15) is 76.5 Å². The van der Waals surface area contributed by atoms with Crippen LogP contribution < -0.4 is 24.4 Å². The van der Waals surface area contributed by atoms with Gasteiger partial charge < -0.3 is 23.4 Å². The van der Waals surface area contributed by atoms with Gasteiger partial charge in [-0.2, -0.15) is 0 Å². The third-order valence-electron chi connectivity index (χ3n) is 9.14. The third-order valence-corrected chi connectivity index (χ3v) is 9.14. The zero-order chi connectivity index (χ0) is 37.6. The molecule has 5 rings (SSSR count). The fraction of sp³-hybridized carbons (Fsp3) is 0.298. The van der Waals surface area contributed by atoms with Gasteiger partial charge in [-0.3, -0.25) is 4.79 Å². The molecule has 5 aromatic rings. The summed E-state index contributed by atoms with van der Waals surface area (Å²) in [6.07, 6.45) is 13.0. The molecule has 1 aromatic heterocycles. The number of hydrogen-bond acceptors (Lipinski definition) is 6. The quantitative estimate of drug-likeness (QED) is 0.0843. The first-order chi connectivity index (χ1) is 25.7. The van der Waals surface area contributed by atoms with Gasteiger partial charge in [0.05, 0.1) is 19.6 Å². The van der Waals surface area contributed by atoms with Gasteiger partial charge in [0.25, 0.3) is 0 Å². The molecule has 0 fully saturated rings. The van der Waals surface area contributed by atoms with Crippen LogP contribution in [-0.2, 0) is 19.6 Å². The number of allylic oxidation sites excluding steroid dienone is 6. The summed E-state index contributed by atoms with van der Waals surface area (Å²) in [5, 5.41) is 0.459. The van der Waals surface area contributed by atoms with Crippen molar-refractivity contribution in [1.82, 2.24) is 0 Å². The molecule has 0 N–H and O–H groups in total. The topological polar surface area (TPSA) is 67.1 Å². The number of ether oxygens (including phenoxy) is 4. The Hall–Kier alpha value is -5.49. The third kappa shape index (κ3) is 11.0. The van der Waals surface area contributed by atoms with Gasteiger partial charge in [0.2, 0.25) is 16.9 Å². The van der Waals surface area contributed by atoms with E-state index >= 15 is 0 Å². The lowest BCUT2D eigenvalue weighted by Gasteiger charge is -2.17. The van der Waals surface area contributed by atoms with E-state index in [1.807, 2.05) is 78.9 Å². The van der Waals surface area contributed by atoms with Gasteiger partial charge in [0, 0.05) is 5.56 Å². The van der Waals surface area contributed by atoms with E-state index in [-0.39, 0.29) is 17.8 Å². The van der Waals surface area contributed by atoms with E-state index in [1.54, 1.807) is 26.4 Å². The molecule has 0 spiro atoms. The normalized spacial score (nSPS) is 11.7. The van der Waals surface area contributed by atoms with E-state index in [4.69, 9.17) is 23.4 Å². The van der Waals surface area contributed by atoms with E-state index in [1.165, 1.54) is 16.7 Å². The average molecular weight is 713 g/mol. The largest absolute Gasteiger partial charge is 0.493 e. The lowest BCUT2D eigenvalue weighted by Crippen LogP contribution is -2.10. The molecule has 0 bridgehead atoms. The summed E-state index contributed by atoms with van der Waals surface area (Å²) < 4.78 is 30.6. The number of rotatable bonds is 18. The Bertz CT molecular complexity index is 2080. The molecule has 1 heterocycles. The molecule has 0 aliphatic heterocycles. The van der Waals surface area contributed by atoms with Crippen molar-refractivity contribution in [3.05, 3.63) is 153 Å². The Balaban J connectivity index is 1.41. The Labute approximate surface area is 314 Å². The first-order valence-corrected chi connectivity index (χ1v) is 18.4. The fourth-order valence-corrected chi connectivity index (χ4v) is 6.13. The van der Waals surface area contributed by atoms with Crippen LogP contribution in [0.25, 0.3) is 22.3 Å². The summed E-state index contributed by atoms with van der Waals surface area (Å²) in [5.41, 5.74) is 8.05. The maximum absolute atomic E-state index is 14.1. The van der Waals surface area contributed by atoms with E-state index in [2.05, 4.69) is 45.9 Å². The first kappa shape index (κ1) is 38.7. The molecule has 276 valence electrons. The van der Waals surface area contributed by atoms with E-state index < -0.39 is 0 Å². The Morgan fingerprint density at radius 2 is 1.17 bits per heavy atom. The standard InChI is InChI=1S/C47H52O6/c1-33(2)16-13-17-34(3)18-14-19-35(4)20-15-25-36-26-27-40-41(28-36)53-45(47(44(40)48)52-32-38-23-11-8-12-24-38)39-29-42(49-5)46(43(30-39)50-6)51-31-37-21-9-7-10-22-37/h7-12,16,18,20-24,26-30H,13-15,17,19,25,31-32H2,1-6H3. The molecule has 0 unspecified atom stereocenters. The predicted molar refractivity (Wildman–Crippen MR) is 216 cm³/mol. The lowest BCUT2D eigenvalue weighted by molar-refractivity contribution is 0.266. The van der Waals surface area contributed by atoms with Crippen molar-refractivity contribution in [3.63, 3.8) is 0 Å². The van der Waals surface area contributed by atoms with Gasteiger partial charge in [-0.15, -0.1) is 0 Å². The van der Waals surface area contributed by atoms with Crippen molar-refractivity contribution >= 4 is 11.0 Å². The molecule has 0 atom stereocenters. The average Bonchev–Trinajstić information content (AvgIpc) is 3.17. The second-order valence-electron chi connectivity index (χ2n) is 13.7. The summed E-state index contributed by atoms with van der Waals surface area (Å²) >= 11 is 0. The Morgan fingerprint density at radius 1 is 0.623 bits per heavy atom. The van der Waals surface area contributed by atoms with Gasteiger partial charge in [-0.1, -0.05) is 102 Å². The highest BCUT2D eigenvalue weighted by atomic mass is 16.5. The van der Waals surface area contributed by atoms with Gasteiger partial charge in [-0.05, 0) is 107 Å². The SMILES string of the molecule is COc1cc(-c2oc3cc(CCC=C(C)CCC=C(C)CCC=C(C)C)ccc3c(=O)c2OCc2ccccc2)cc(OC)c1OCc1ccccc1. The van der Waals surface area contributed by atoms with Gasteiger partial charge in [-0.25, -0.2) is 0 Å². The molecule has 0 saturated heterocycles. The summed E-state index contributed by atoms with van der Waals surface area (Å²) in [6.45, 7) is 9.26. The van der Waals surface area contributed by atoms with Crippen molar-refractivity contribution in [2.24, 2.45) is 0 Å². The molecule has 0 radical (unpaired) electrons. The molecule has 6 heteroatoms. The smallest absolute Gasteiger partial charge is 0.235 e. The molecule has 6 nitrogen and oxygen atoms in total.